The second-order valence-corrected chi connectivity index (χ2v) is 4.86. The molecule has 1 unspecified atom stereocenters. The van der Waals surface area contributed by atoms with Crippen molar-refractivity contribution in [3.8, 4) is 0 Å². The smallest absolute Gasteiger partial charge is 0.148 e. The van der Waals surface area contributed by atoms with Gasteiger partial charge in [0.15, 0.2) is 0 Å². The highest BCUT2D eigenvalue weighted by molar-refractivity contribution is 6.33. The molecule has 2 nitrogen and oxygen atoms in total. The number of nitrogens with one attached hydrogen (secondary N) is 1. The molecule has 17 heavy (non-hydrogen) atoms. The number of benzene rings is 1. The molecule has 0 spiro atoms. The lowest BCUT2D eigenvalue weighted by Crippen LogP contribution is -2.51. The molecular weight excluding hydrogens is 239 g/mol. The van der Waals surface area contributed by atoms with Crippen molar-refractivity contribution in [2.75, 3.05) is 24.5 Å². The van der Waals surface area contributed by atoms with Crippen molar-refractivity contribution in [3.63, 3.8) is 0 Å². The summed E-state index contributed by atoms with van der Waals surface area (Å²) < 4.78 is 13.8. The summed E-state index contributed by atoms with van der Waals surface area (Å²) in [5, 5.41) is 3.95. The second kappa shape index (κ2) is 5.69. The van der Waals surface area contributed by atoms with Gasteiger partial charge in [0.1, 0.15) is 5.82 Å². The summed E-state index contributed by atoms with van der Waals surface area (Å²) in [6.45, 7) is 4.68. The number of nitrogens with zero attached hydrogens (tertiary/aromatic N) is 1. The summed E-state index contributed by atoms with van der Waals surface area (Å²) in [5.41, 5.74) is 0.553. The van der Waals surface area contributed by atoms with E-state index in [0.717, 1.165) is 32.5 Å². The van der Waals surface area contributed by atoms with Crippen molar-refractivity contribution in [2.24, 2.45) is 0 Å². The first-order valence-electron chi connectivity index (χ1n) is 6.14. The first-order chi connectivity index (χ1) is 8.22. The van der Waals surface area contributed by atoms with Crippen molar-refractivity contribution >= 4 is 17.3 Å². The van der Waals surface area contributed by atoms with E-state index in [9.17, 15) is 4.39 Å². The molecule has 0 saturated carbocycles. The molecule has 94 valence electrons. The molecule has 1 aliphatic rings. The van der Waals surface area contributed by atoms with Crippen LogP contribution in [0.25, 0.3) is 0 Å². The molecule has 1 fully saturated rings. The van der Waals surface area contributed by atoms with Crippen LogP contribution in [0.3, 0.4) is 0 Å². The molecule has 1 aliphatic heterocycles. The van der Waals surface area contributed by atoms with Gasteiger partial charge in [-0.05, 0) is 18.6 Å². The molecule has 1 N–H and O–H groups in total. The van der Waals surface area contributed by atoms with Gasteiger partial charge in [-0.3, -0.25) is 0 Å². The topological polar surface area (TPSA) is 15.3 Å². The standard InChI is InChI=1S/C13H18ClFN2/c1-2-4-10-9-17(8-7-16-10)13-11(14)5-3-6-12(13)15/h3,5-6,10,16H,2,4,7-9H2,1H3. The average molecular weight is 257 g/mol. The zero-order chi connectivity index (χ0) is 12.3. The van der Waals surface area contributed by atoms with E-state index in [1.165, 1.54) is 6.07 Å². The van der Waals surface area contributed by atoms with Gasteiger partial charge in [-0.25, -0.2) is 4.39 Å². The van der Waals surface area contributed by atoms with Gasteiger partial charge in [0.25, 0.3) is 0 Å². The van der Waals surface area contributed by atoms with Crippen molar-refractivity contribution in [1.82, 2.24) is 5.32 Å². The molecule has 0 amide bonds. The third-order valence-electron chi connectivity index (χ3n) is 3.15. The van der Waals surface area contributed by atoms with Crippen molar-refractivity contribution < 1.29 is 4.39 Å². The monoisotopic (exact) mass is 256 g/mol. The molecule has 0 bridgehead atoms. The van der Waals surface area contributed by atoms with Crippen LogP contribution in [-0.4, -0.2) is 25.7 Å². The van der Waals surface area contributed by atoms with Crippen LogP contribution in [0.1, 0.15) is 19.8 Å². The number of hydrogen-bond donors (Lipinski definition) is 1. The third-order valence-corrected chi connectivity index (χ3v) is 3.45. The summed E-state index contributed by atoms with van der Waals surface area (Å²) in [7, 11) is 0. The molecule has 0 aromatic heterocycles. The fraction of sp³-hybridized carbons (Fsp3) is 0.538. The Morgan fingerprint density at radius 1 is 1.53 bits per heavy atom. The molecule has 1 saturated heterocycles. The normalized spacial score (nSPS) is 20.6. The zero-order valence-electron chi connectivity index (χ0n) is 10.0. The van der Waals surface area contributed by atoms with Crippen molar-refractivity contribution in [1.29, 1.82) is 0 Å². The molecule has 4 heteroatoms. The lowest BCUT2D eigenvalue weighted by atomic mass is 10.1. The Hall–Kier alpha value is -0.800. The lowest BCUT2D eigenvalue weighted by molar-refractivity contribution is 0.427. The van der Waals surface area contributed by atoms with E-state index in [1.807, 2.05) is 0 Å². The maximum absolute atomic E-state index is 13.8. The summed E-state index contributed by atoms with van der Waals surface area (Å²) in [4.78, 5) is 2.05. The van der Waals surface area contributed by atoms with Crippen LogP contribution in [0.4, 0.5) is 10.1 Å². The molecule has 2 rings (SSSR count). The predicted molar refractivity (Wildman–Crippen MR) is 70.3 cm³/mol. The summed E-state index contributed by atoms with van der Waals surface area (Å²) in [5.74, 6) is -0.227. The SMILES string of the molecule is CCCC1CN(c2c(F)cccc2Cl)CCN1. The minimum atomic E-state index is -0.227. The minimum Gasteiger partial charge on any atom is -0.365 e. The van der Waals surface area contributed by atoms with Gasteiger partial charge in [0, 0.05) is 25.7 Å². The van der Waals surface area contributed by atoms with Crippen LogP contribution in [0.5, 0.6) is 0 Å². The highest BCUT2D eigenvalue weighted by atomic mass is 35.5. The number of anilines is 1. The van der Waals surface area contributed by atoms with Crippen LogP contribution >= 0.6 is 11.6 Å². The van der Waals surface area contributed by atoms with E-state index in [1.54, 1.807) is 12.1 Å². The molecule has 1 aromatic carbocycles. The minimum absolute atomic E-state index is 0.227. The van der Waals surface area contributed by atoms with Gasteiger partial charge >= 0.3 is 0 Å². The number of para-hydroxylation sites is 1. The number of rotatable bonds is 3. The fourth-order valence-corrected chi connectivity index (χ4v) is 2.64. The first-order valence-corrected chi connectivity index (χ1v) is 6.52. The Kier molecular flexibility index (Phi) is 4.24. The molecule has 0 aliphatic carbocycles. The van der Waals surface area contributed by atoms with E-state index in [4.69, 9.17) is 11.6 Å². The summed E-state index contributed by atoms with van der Waals surface area (Å²) in [6.07, 6.45) is 2.25. The summed E-state index contributed by atoms with van der Waals surface area (Å²) in [6, 6.07) is 5.30. The van der Waals surface area contributed by atoms with Gasteiger partial charge in [0.2, 0.25) is 0 Å². The van der Waals surface area contributed by atoms with E-state index in [0.29, 0.717) is 16.8 Å². The Morgan fingerprint density at radius 2 is 2.35 bits per heavy atom. The largest absolute Gasteiger partial charge is 0.365 e. The molecule has 1 atom stereocenters. The van der Waals surface area contributed by atoms with Gasteiger partial charge in [-0.2, -0.15) is 0 Å². The van der Waals surface area contributed by atoms with E-state index in [2.05, 4.69) is 17.1 Å². The van der Waals surface area contributed by atoms with Crippen LogP contribution in [0, 0.1) is 5.82 Å². The quantitative estimate of drug-likeness (QED) is 0.894. The van der Waals surface area contributed by atoms with Gasteiger partial charge in [-0.15, -0.1) is 0 Å². The number of hydrogen-bond acceptors (Lipinski definition) is 2. The molecular formula is C13H18ClFN2. The maximum atomic E-state index is 13.8. The van der Waals surface area contributed by atoms with E-state index in [-0.39, 0.29) is 5.82 Å². The van der Waals surface area contributed by atoms with E-state index >= 15 is 0 Å². The predicted octanol–water partition coefficient (Wildman–Crippen LogP) is 3.06. The summed E-state index contributed by atoms with van der Waals surface area (Å²) >= 11 is 6.09. The van der Waals surface area contributed by atoms with Crippen LogP contribution in [0.15, 0.2) is 18.2 Å². The average Bonchev–Trinajstić information content (AvgIpc) is 2.30. The maximum Gasteiger partial charge on any atom is 0.148 e. The molecule has 0 radical (unpaired) electrons. The van der Waals surface area contributed by atoms with Gasteiger partial charge in [-0.1, -0.05) is 31.0 Å². The Balaban J connectivity index is 2.16. The van der Waals surface area contributed by atoms with Crippen LogP contribution in [-0.2, 0) is 0 Å². The van der Waals surface area contributed by atoms with Gasteiger partial charge < -0.3 is 10.2 Å². The molecule has 1 heterocycles. The Morgan fingerprint density at radius 3 is 3.06 bits per heavy atom. The molecule has 1 aromatic rings. The number of piperazine rings is 1. The zero-order valence-corrected chi connectivity index (χ0v) is 10.8. The lowest BCUT2D eigenvalue weighted by Gasteiger charge is -2.35. The fourth-order valence-electron chi connectivity index (χ4n) is 2.36. The Labute approximate surface area is 107 Å². The van der Waals surface area contributed by atoms with E-state index < -0.39 is 0 Å². The van der Waals surface area contributed by atoms with Crippen molar-refractivity contribution in [3.05, 3.63) is 29.0 Å². The van der Waals surface area contributed by atoms with Crippen molar-refractivity contribution in [2.45, 2.75) is 25.8 Å². The number of halogens is 2. The first kappa shape index (κ1) is 12.7. The highest BCUT2D eigenvalue weighted by Gasteiger charge is 2.22. The van der Waals surface area contributed by atoms with Crippen LogP contribution in [0.2, 0.25) is 5.02 Å². The second-order valence-electron chi connectivity index (χ2n) is 4.46. The van der Waals surface area contributed by atoms with Crippen LogP contribution < -0.4 is 10.2 Å². The van der Waals surface area contributed by atoms with Gasteiger partial charge in [0.05, 0.1) is 10.7 Å². The highest BCUT2D eigenvalue weighted by Crippen LogP contribution is 2.29. The third kappa shape index (κ3) is 2.90. The Bertz CT molecular complexity index is 361.